The summed E-state index contributed by atoms with van der Waals surface area (Å²) in [7, 11) is 2.34. The van der Waals surface area contributed by atoms with Gasteiger partial charge in [0.05, 0.1) is 6.10 Å². The lowest BCUT2D eigenvalue weighted by molar-refractivity contribution is 0.298. The first-order valence-electron chi connectivity index (χ1n) is 8.48. The first-order valence-corrected chi connectivity index (χ1v) is 8.96. The number of hydrogen-bond acceptors (Lipinski definition) is 1. The van der Waals surface area contributed by atoms with Crippen LogP contribution in [0.4, 0.5) is 0 Å². The summed E-state index contributed by atoms with van der Waals surface area (Å²) in [4.78, 5) is 0. The predicted molar refractivity (Wildman–Crippen MR) is 104 cm³/mol. The Morgan fingerprint density at radius 2 is 1.59 bits per heavy atom. The number of allylic oxidation sites excluding steroid dienone is 8. The second-order valence-corrected chi connectivity index (χ2v) is 5.43. The monoisotopic (exact) mass is 320 g/mol. The van der Waals surface area contributed by atoms with Gasteiger partial charge >= 0.3 is 0 Å². The summed E-state index contributed by atoms with van der Waals surface area (Å²) in [5, 5.41) is 0. The molecule has 0 aliphatic heterocycles. The van der Waals surface area contributed by atoms with Gasteiger partial charge in [0, 0.05) is 9.47 Å². The minimum Gasteiger partial charge on any atom is -0.358 e. The Hall–Kier alpha value is -0.910. The Balaban J connectivity index is 3.76. The molecule has 0 saturated carbocycles. The third-order valence-corrected chi connectivity index (χ3v) is 3.47. The van der Waals surface area contributed by atoms with Gasteiger partial charge < -0.3 is 4.52 Å². The molecule has 0 radical (unpaired) electrons. The van der Waals surface area contributed by atoms with Gasteiger partial charge in [-0.3, -0.25) is 0 Å². The first kappa shape index (κ1) is 21.1. The third-order valence-electron chi connectivity index (χ3n) is 3.12. The van der Waals surface area contributed by atoms with Gasteiger partial charge in [0.15, 0.2) is 0 Å². The predicted octanol–water partition coefficient (Wildman–Crippen LogP) is 6.71. The van der Waals surface area contributed by atoms with Crippen LogP contribution in [0.1, 0.15) is 58.8 Å². The van der Waals surface area contributed by atoms with Crippen LogP contribution in [0.15, 0.2) is 60.8 Å². The summed E-state index contributed by atoms with van der Waals surface area (Å²) in [6.07, 6.45) is 29.6. The van der Waals surface area contributed by atoms with Crippen molar-refractivity contribution < 1.29 is 4.52 Å². The highest BCUT2D eigenvalue weighted by atomic mass is 31.0. The zero-order valence-corrected chi connectivity index (χ0v) is 15.4. The SMILES string of the molecule is CC/C=C\CC(/C=C/C=C\C/C=C\C/C=C\CCCC)OP. The van der Waals surface area contributed by atoms with E-state index in [1.807, 2.05) is 0 Å². The summed E-state index contributed by atoms with van der Waals surface area (Å²) in [5.74, 6) is 0. The van der Waals surface area contributed by atoms with Crippen molar-refractivity contribution in [1.82, 2.24) is 0 Å². The van der Waals surface area contributed by atoms with Gasteiger partial charge in [-0.05, 0) is 32.1 Å². The first-order chi connectivity index (χ1) is 10.8. The lowest BCUT2D eigenvalue weighted by Gasteiger charge is -2.06. The van der Waals surface area contributed by atoms with Gasteiger partial charge in [-0.1, -0.05) is 87.4 Å². The summed E-state index contributed by atoms with van der Waals surface area (Å²) in [5.41, 5.74) is 0. The summed E-state index contributed by atoms with van der Waals surface area (Å²) in [6, 6.07) is 0. The van der Waals surface area contributed by atoms with E-state index in [9.17, 15) is 0 Å². The molecule has 0 heterocycles. The molecule has 22 heavy (non-hydrogen) atoms. The molecule has 0 aliphatic rings. The van der Waals surface area contributed by atoms with Crippen LogP contribution in [0.2, 0.25) is 0 Å². The number of unbranched alkanes of at least 4 members (excludes halogenated alkanes) is 2. The minimum absolute atomic E-state index is 0.140. The Kier molecular flexibility index (Phi) is 17.4. The fourth-order valence-corrected chi connectivity index (χ4v) is 2.01. The molecule has 0 amide bonds. The lowest BCUT2D eigenvalue weighted by atomic mass is 10.2. The molecule has 2 unspecified atom stereocenters. The van der Waals surface area contributed by atoms with E-state index >= 15 is 0 Å². The van der Waals surface area contributed by atoms with Crippen molar-refractivity contribution in [2.45, 2.75) is 64.9 Å². The van der Waals surface area contributed by atoms with Crippen molar-refractivity contribution >= 4 is 9.47 Å². The quantitative estimate of drug-likeness (QED) is 0.158. The smallest absolute Gasteiger partial charge is 0.0828 e. The molecule has 0 fully saturated rings. The highest BCUT2D eigenvalue weighted by Crippen LogP contribution is 2.06. The number of rotatable bonds is 13. The van der Waals surface area contributed by atoms with E-state index in [0.29, 0.717) is 0 Å². The molecule has 0 spiro atoms. The van der Waals surface area contributed by atoms with Crippen LogP contribution in [0.3, 0.4) is 0 Å². The zero-order valence-electron chi connectivity index (χ0n) is 14.3. The van der Waals surface area contributed by atoms with Crippen molar-refractivity contribution in [3.63, 3.8) is 0 Å². The van der Waals surface area contributed by atoms with E-state index in [1.165, 1.54) is 19.3 Å². The topological polar surface area (TPSA) is 9.23 Å². The van der Waals surface area contributed by atoms with Crippen LogP contribution >= 0.6 is 9.47 Å². The van der Waals surface area contributed by atoms with Crippen molar-refractivity contribution in [3.05, 3.63) is 60.8 Å². The van der Waals surface area contributed by atoms with E-state index in [4.69, 9.17) is 4.52 Å². The fraction of sp³-hybridized carbons (Fsp3) is 0.500. The maximum Gasteiger partial charge on any atom is 0.0828 e. The molecule has 2 heteroatoms. The Morgan fingerprint density at radius 3 is 2.27 bits per heavy atom. The van der Waals surface area contributed by atoms with E-state index in [2.05, 4.69) is 84.1 Å². The second-order valence-electron chi connectivity index (χ2n) is 5.16. The Labute approximate surface area is 140 Å². The van der Waals surface area contributed by atoms with Crippen LogP contribution in [0.5, 0.6) is 0 Å². The van der Waals surface area contributed by atoms with Crippen LogP contribution < -0.4 is 0 Å². The van der Waals surface area contributed by atoms with Gasteiger partial charge in [0.2, 0.25) is 0 Å². The normalized spacial score (nSPS) is 14.5. The molecular formula is C20H33OP. The average molecular weight is 320 g/mol. The van der Waals surface area contributed by atoms with Crippen molar-refractivity contribution in [3.8, 4) is 0 Å². The lowest BCUT2D eigenvalue weighted by Crippen LogP contribution is -2.00. The maximum atomic E-state index is 5.32. The summed E-state index contributed by atoms with van der Waals surface area (Å²) >= 11 is 0. The average Bonchev–Trinajstić information content (AvgIpc) is 2.54. The molecule has 0 N–H and O–H groups in total. The van der Waals surface area contributed by atoms with E-state index in [1.54, 1.807) is 0 Å². The van der Waals surface area contributed by atoms with Crippen LogP contribution in [0, 0.1) is 0 Å². The number of hydrogen-bond donors (Lipinski definition) is 0. The van der Waals surface area contributed by atoms with Crippen LogP contribution in [-0.4, -0.2) is 6.10 Å². The molecule has 0 saturated heterocycles. The fourth-order valence-electron chi connectivity index (χ4n) is 1.81. The molecule has 0 aromatic carbocycles. The summed E-state index contributed by atoms with van der Waals surface area (Å²) in [6.45, 7) is 4.37. The molecule has 0 aromatic heterocycles. The van der Waals surface area contributed by atoms with Crippen LogP contribution in [0.25, 0.3) is 0 Å². The molecule has 0 rings (SSSR count). The van der Waals surface area contributed by atoms with Gasteiger partial charge in [-0.25, -0.2) is 0 Å². The minimum atomic E-state index is 0.140. The zero-order chi connectivity index (χ0) is 16.3. The van der Waals surface area contributed by atoms with Crippen molar-refractivity contribution in [1.29, 1.82) is 0 Å². The second kappa shape index (κ2) is 18.1. The van der Waals surface area contributed by atoms with Crippen LogP contribution in [-0.2, 0) is 4.52 Å². The van der Waals surface area contributed by atoms with Crippen molar-refractivity contribution in [2.75, 3.05) is 0 Å². The maximum absolute atomic E-state index is 5.32. The van der Waals surface area contributed by atoms with Gasteiger partial charge in [-0.15, -0.1) is 0 Å². The molecule has 0 bridgehead atoms. The van der Waals surface area contributed by atoms with E-state index in [-0.39, 0.29) is 6.10 Å². The molecular weight excluding hydrogens is 287 g/mol. The summed E-state index contributed by atoms with van der Waals surface area (Å²) < 4.78 is 5.32. The van der Waals surface area contributed by atoms with Gasteiger partial charge in [0.25, 0.3) is 0 Å². The molecule has 0 aliphatic carbocycles. The van der Waals surface area contributed by atoms with E-state index in [0.717, 1.165) is 25.7 Å². The van der Waals surface area contributed by atoms with Gasteiger partial charge in [0.1, 0.15) is 0 Å². The third kappa shape index (κ3) is 15.5. The van der Waals surface area contributed by atoms with Crippen molar-refractivity contribution in [2.24, 2.45) is 0 Å². The molecule has 1 nitrogen and oxygen atoms in total. The highest BCUT2D eigenvalue weighted by molar-refractivity contribution is 7.09. The standard InChI is InChI=1S/C20H33OP/c1-3-5-7-8-9-10-11-12-13-14-15-17-19-20(21-22)18-16-6-4-2/h6,8-9,11-12,14-17,19-20H,3-5,7,10,13,18,22H2,1-2H3/b9-8-,12-11-,15-14-,16-6-,19-17+. The molecule has 2 atom stereocenters. The molecule has 0 aromatic rings. The highest BCUT2D eigenvalue weighted by Gasteiger charge is 1.97. The van der Waals surface area contributed by atoms with E-state index < -0.39 is 0 Å². The van der Waals surface area contributed by atoms with Gasteiger partial charge in [-0.2, -0.15) is 0 Å². The Morgan fingerprint density at radius 1 is 0.864 bits per heavy atom. The largest absolute Gasteiger partial charge is 0.358 e. The Bertz CT molecular complexity index is 364. The molecule has 124 valence electrons.